The average molecular weight is 192 g/mol. The molecule has 0 bridgehead atoms. The topological polar surface area (TPSA) is 0 Å². The third-order valence-corrected chi connectivity index (χ3v) is 3.32. The lowest BCUT2D eigenvalue weighted by Crippen LogP contribution is -2.31. The summed E-state index contributed by atoms with van der Waals surface area (Å²) in [5.74, 6) is 0. The molecule has 0 amide bonds. The Morgan fingerprint density at radius 1 is 0.667 bits per heavy atom. The van der Waals surface area contributed by atoms with Crippen LogP contribution in [0, 0.1) is 0 Å². The highest BCUT2D eigenvalue weighted by molar-refractivity contribution is 6.73. The van der Waals surface area contributed by atoms with Crippen LogP contribution in [0.4, 0.5) is 0 Å². The van der Waals surface area contributed by atoms with Gasteiger partial charge in [0.05, 0.1) is 0 Å². The van der Waals surface area contributed by atoms with E-state index in [0.29, 0.717) is 6.71 Å². The highest BCUT2D eigenvalue weighted by Crippen LogP contribution is 2.20. The lowest BCUT2D eigenvalue weighted by molar-refractivity contribution is 1.35. The first-order chi connectivity index (χ1) is 7.43. The molecule has 0 fully saturated rings. The van der Waals surface area contributed by atoms with Crippen LogP contribution < -0.4 is 5.46 Å². The van der Waals surface area contributed by atoms with E-state index in [-0.39, 0.29) is 0 Å². The molecule has 0 saturated heterocycles. The van der Waals surface area contributed by atoms with Crippen LogP contribution in [0.15, 0.2) is 54.6 Å². The van der Waals surface area contributed by atoms with Crippen LogP contribution in [-0.4, -0.2) is 6.71 Å². The zero-order chi connectivity index (χ0) is 10.1. The molecule has 0 saturated carbocycles. The fraction of sp³-hybridized carbons (Fsp3) is 0.143. The molecule has 15 heavy (non-hydrogen) atoms. The zero-order valence-electron chi connectivity index (χ0n) is 8.69. The predicted octanol–water partition coefficient (Wildman–Crippen LogP) is 2.27. The summed E-state index contributed by atoms with van der Waals surface area (Å²) in [6.07, 6.45) is 2.42. The summed E-state index contributed by atoms with van der Waals surface area (Å²) in [4.78, 5) is 0. The molecule has 0 atom stereocenters. The van der Waals surface area contributed by atoms with Gasteiger partial charge in [-0.05, 0) is 12.6 Å². The van der Waals surface area contributed by atoms with E-state index in [0.717, 1.165) is 0 Å². The molecule has 1 aliphatic heterocycles. The maximum Gasteiger partial charge on any atom is 0.184 e. The predicted molar refractivity (Wildman–Crippen MR) is 65.7 cm³/mol. The first kappa shape index (κ1) is 8.78. The van der Waals surface area contributed by atoms with E-state index in [2.05, 4.69) is 54.6 Å². The summed E-state index contributed by atoms with van der Waals surface area (Å²) in [5, 5.41) is 0. The summed E-state index contributed by atoms with van der Waals surface area (Å²) in [5.41, 5.74) is 4.55. The number of fused-ring (bicyclic) bond motifs is 1. The van der Waals surface area contributed by atoms with Crippen LogP contribution >= 0.6 is 0 Å². The number of rotatable bonds is 1. The Bertz CT molecular complexity index is 437. The molecule has 72 valence electrons. The quantitative estimate of drug-likeness (QED) is 0.608. The average Bonchev–Trinajstić information content (AvgIpc) is 2.74. The van der Waals surface area contributed by atoms with Gasteiger partial charge in [0.1, 0.15) is 0 Å². The lowest BCUT2D eigenvalue weighted by Gasteiger charge is -2.04. The van der Waals surface area contributed by atoms with Crippen LogP contribution in [0.25, 0.3) is 0 Å². The van der Waals surface area contributed by atoms with Crippen molar-refractivity contribution in [1.29, 1.82) is 0 Å². The van der Waals surface area contributed by atoms with Crippen LogP contribution in [0.5, 0.6) is 0 Å². The van der Waals surface area contributed by atoms with Crippen molar-refractivity contribution < 1.29 is 0 Å². The standard InChI is InChI=1S/C14H13B/c1-2-8-14(9-3-1)15-10-12-6-4-5-7-13(12)11-15/h1-9H,10-11H2. The van der Waals surface area contributed by atoms with Gasteiger partial charge in [-0.3, -0.25) is 0 Å². The van der Waals surface area contributed by atoms with Gasteiger partial charge in [0.2, 0.25) is 0 Å². The Morgan fingerprint density at radius 2 is 1.20 bits per heavy atom. The van der Waals surface area contributed by atoms with E-state index in [1.54, 1.807) is 0 Å². The Kier molecular flexibility index (Phi) is 2.10. The molecule has 1 aliphatic rings. The van der Waals surface area contributed by atoms with Gasteiger partial charge in [0.25, 0.3) is 0 Å². The van der Waals surface area contributed by atoms with Gasteiger partial charge in [-0.1, -0.05) is 71.2 Å². The number of hydrogen-bond acceptors (Lipinski definition) is 0. The fourth-order valence-corrected chi connectivity index (χ4v) is 2.52. The van der Waals surface area contributed by atoms with Gasteiger partial charge in [-0.2, -0.15) is 0 Å². The molecule has 2 aromatic rings. The first-order valence-electron chi connectivity index (χ1n) is 5.55. The van der Waals surface area contributed by atoms with E-state index >= 15 is 0 Å². The molecule has 1 heterocycles. The summed E-state index contributed by atoms with van der Waals surface area (Å²) >= 11 is 0. The van der Waals surface area contributed by atoms with Crippen molar-refractivity contribution in [3.63, 3.8) is 0 Å². The lowest BCUT2D eigenvalue weighted by atomic mass is 9.43. The maximum absolute atomic E-state index is 2.26. The van der Waals surface area contributed by atoms with Crippen molar-refractivity contribution in [3.8, 4) is 0 Å². The van der Waals surface area contributed by atoms with Crippen molar-refractivity contribution in [2.75, 3.05) is 0 Å². The molecule has 0 aliphatic carbocycles. The summed E-state index contributed by atoms with van der Waals surface area (Å²) in [6, 6.07) is 19.7. The van der Waals surface area contributed by atoms with Crippen LogP contribution in [0.3, 0.4) is 0 Å². The Hall–Kier alpha value is -1.50. The van der Waals surface area contributed by atoms with Crippen molar-refractivity contribution in [3.05, 3.63) is 65.7 Å². The van der Waals surface area contributed by atoms with E-state index in [1.807, 2.05) is 0 Å². The van der Waals surface area contributed by atoms with Gasteiger partial charge < -0.3 is 0 Å². The molecular formula is C14H13B. The van der Waals surface area contributed by atoms with Crippen LogP contribution in [0.1, 0.15) is 11.1 Å². The molecule has 0 spiro atoms. The SMILES string of the molecule is c1ccc(B2Cc3ccccc3C2)cc1. The highest BCUT2D eigenvalue weighted by atomic mass is 14.1. The minimum Gasteiger partial charge on any atom is -0.0794 e. The number of benzene rings is 2. The van der Waals surface area contributed by atoms with Gasteiger partial charge in [0.15, 0.2) is 6.71 Å². The van der Waals surface area contributed by atoms with Crippen molar-refractivity contribution in [2.45, 2.75) is 12.6 Å². The molecule has 3 rings (SSSR count). The highest BCUT2D eigenvalue weighted by Gasteiger charge is 2.25. The van der Waals surface area contributed by atoms with Crippen molar-refractivity contribution in [2.24, 2.45) is 0 Å². The van der Waals surface area contributed by atoms with Gasteiger partial charge in [-0.15, -0.1) is 0 Å². The normalized spacial score (nSPS) is 14.0. The first-order valence-corrected chi connectivity index (χ1v) is 5.55. The second-order valence-corrected chi connectivity index (χ2v) is 4.28. The van der Waals surface area contributed by atoms with Gasteiger partial charge >= 0.3 is 0 Å². The Morgan fingerprint density at radius 3 is 1.80 bits per heavy atom. The van der Waals surface area contributed by atoms with E-state index < -0.39 is 0 Å². The second-order valence-electron chi connectivity index (χ2n) is 4.28. The van der Waals surface area contributed by atoms with E-state index in [1.165, 1.54) is 29.2 Å². The molecule has 0 unspecified atom stereocenters. The van der Waals surface area contributed by atoms with Gasteiger partial charge in [-0.25, -0.2) is 0 Å². The Balaban J connectivity index is 1.91. The molecule has 2 aromatic carbocycles. The zero-order valence-corrected chi connectivity index (χ0v) is 8.69. The molecule has 0 N–H and O–H groups in total. The number of hydrogen-bond donors (Lipinski definition) is 0. The van der Waals surface area contributed by atoms with E-state index in [4.69, 9.17) is 0 Å². The monoisotopic (exact) mass is 192 g/mol. The second kappa shape index (κ2) is 3.58. The molecule has 0 nitrogen and oxygen atoms in total. The van der Waals surface area contributed by atoms with Crippen molar-refractivity contribution >= 4 is 12.2 Å². The molecule has 1 heteroatoms. The summed E-state index contributed by atoms with van der Waals surface area (Å²) in [7, 11) is 0. The summed E-state index contributed by atoms with van der Waals surface area (Å²) < 4.78 is 0. The molecule has 0 aromatic heterocycles. The third-order valence-electron chi connectivity index (χ3n) is 3.32. The molecule has 0 radical (unpaired) electrons. The van der Waals surface area contributed by atoms with E-state index in [9.17, 15) is 0 Å². The fourth-order valence-electron chi connectivity index (χ4n) is 2.52. The third kappa shape index (κ3) is 1.59. The van der Waals surface area contributed by atoms with Crippen LogP contribution in [0.2, 0.25) is 0 Å². The minimum atomic E-state index is 0.698. The largest absolute Gasteiger partial charge is 0.184 e. The van der Waals surface area contributed by atoms with Gasteiger partial charge in [0, 0.05) is 0 Å². The van der Waals surface area contributed by atoms with Crippen molar-refractivity contribution in [1.82, 2.24) is 0 Å². The maximum atomic E-state index is 2.26. The van der Waals surface area contributed by atoms with Crippen LogP contribution in [-0.2, 0) is 12.6 Å². The minimum absolute atomic E-state index is 0.698. The smallest absolute Gasteiger partial charge is 0.0794 e. The summed E-state index contributed by atoms with van der Waals surface area (Å²) in [6.45, 7) is 0.698. The Labute approximate surface area is 91.0 Å². The molecular weight excluding hydrogens is 179 g/mol.